The Labute approximate surface area is 200 Å². The van der Waals surface area contributed by atoms with E-state index >= 15 is 0 Å². The molecule has 0 saturated heterocycles. The fourth-order valence-corrected chi connectivity index (χ4v) is 5.00. The van der Waals surface area contributed by atoms with Crippen LogP contribution in [-0.2, 0) is 9.59 Å². The maximum Gasteiger partial charge on any atom is 0.308 e. The predicted molar refractivity (Wildman–Crippen MR) is 131 cm³/mol. The standard InChI is InChI=1S/C28H30N2O4/c1-4-21(5-2)30(27(32)20-15-17-23(18-16-20)34-19(3)31)26-24-13-9-10-14-25(24)29(28(26)33)22-11-7-6-8-12-22/h4-5,9-10,13-18,22,26H,1,6-8,11-12H2,2-3H3/b21-5+. The molecule has 4 rings (SSSR count). The lowest BCUT2D eigenvalue weighted by Gasteiger charge is -2.33. The molecule has 0 radical (unpaired) electrons. The van der Waals surface area contributed by atoms with Gasteiger partial charge in [0.2, 0.25) is 0 Å². The Kier molecular flexibility index (Phi) is 6.96. The molecule has 0 aromatic heterocycles. The number of anilines is 1. The van der Waals surface area contributed by atoms with Crippen molar-refractivity contribution in [2.24, 2.45) is 0 Å². The molecule has 2 aromatic carbocycles. The van der Waals surface area contributed by atoms with Gasteiger partial charge < -0.3 is 9.64 Å². The zero-order valence-corrected chi connectivity index (χ0v) is 19.7. The number of benzene rings is 2. The minimum absolute atomic E-state index is 0.0841. The molecule has 2 amide bonds. The Balaban J connectivity index is 1.75. The molecule has 1 saturated carbocycles. The molecule has 0 bridgehead atoms. The van der Waals surface area contributed by atoms with E-state index in [0.29, 0.717) is 17.0 Å². The molecule has 1 unspecified atom stereocenters. The van der Waals surface area contributed by atoms with Gasteiger partial charge in [-0.3, -0.25) is 19.3 Å². The van der Waals surface area contributed by atoms with Crippen molar-refractivity contribution in [2.45, 2.75) is 58.0 Å². The van der Waals surface area contributed by atoms with E-state index in [2.05, 4.69) is 6.58 Å². The lowest BCUT2D eigenvalue weighted by molar-refractivity contribution is -0.131. The molecule has 1 atom stereocenters. The number of fused-ring (bicyclic) bond motifs is 1. The summed E-state index contributed by atoms with van der Waals surface area (Å²) in [5.41, 5.74) is 2.65. The van der Waals surface area contributed by atoms with Crippen molar-refractivity contribution in [1.82, 2.24) is 4.90 Å². The first kappa shape index (κ1) is 23.5. The summed E-state index contributed by atoms with van der Waals surface area (Å²) in [5.74, 6) is -0.476. The number of carbonyl (C=O) groups is 3. The minimum atomic E-state index is -0.775. The van der Waals surface area contributed by atoms with Crippen molar-refractivity contribution in [1.29, 1.82) is 0 Å². The van der Waals surface area contributed by atoms with E-state index in [0.717, 1.165) is 36.9 Å². The summed E-state index contributed by atoms with van der Waals surface area (Å²) >= 11 is 0. The topological polar surface area (TPSA) is 66.9 Å². The number of hydrogen-bond donors (Lipinski definition) is 0. The maximum atomic E-state index is 14.0. The molecule has 1 aliphatic heterocycles. The van der Waals surface area contributed by atoms with Crippen LogP contribution in [0.25, 0.3) is 0 Å². The van der Waals surface area contributed by atoms with E-state index in [4.69, 9.17) is 4.74 Å². The van der Waals surface area contributed by atoms with Gasteiger partial charge in [-0.05, 0) is 56.2 Å². The Morgan fingerprint density at radius 2 is 1.74 bits per heavy atom. The SMILES string of the molecule is C=C/C(=C\C)N(C(=O)c1ccc(OC(C)=O)cc1)C1C(=O)N(C2CCCCC2)c2ccccc21. The van der Waals surface area contributed by atoms with Crippen LogP contribution < -0.4 is 9.64 Å². The normalized spacial score (nSPS) is 18.4. The van der Waals surface area contributed by atoms with Crippen LogP contribution in [0.5, 0.6) is 5.75 Å². The van der Waals surface area contributed by atoms with E-state index in [-0.39, 0.29) is 17.9 Å². The number of ether oxygens (including phenoxy) is 1. The lowest BCUT2D eigenvalue weighted by atomic mass is 9.94. The van der Waals surface area contributed by atoms with Crippen molar-refractivity contribution < 1.29 is 19.1 Å². The molecule has 34 heavy (non-hydrogen) atoms. The smallest absolute Gasteiger partial charge is 0.308 e. The average Bonchev–Trinajstić information content (AvgIpc) is 3.14. The summed E-state index contributed by atoms with van der Waals surface area (Å²) in [6.07, 6.45) is 8.72. The Hall–Kier alpha value is -3.67. The average molecular weight is 459 g/mol. The molecular weight excluding hydrogens is 428 g/mol. The van der Waals surface area contributed by atoms with E-state index in [1.807, 2.05) is 36.1 Å². The van der Waals surface area contributed by atoms with Crippen molar-refractivity contribution >= 4 is 23.5 Å². The zero-order chi connectivity index (χ0) is 24.2. The highest BCUT2D eigenvalue weighted by molar-refractivity contribution is 6.09. The third-order valence-electron chi connectivity index (χ3n) is 6.52. The van der Waals surface area contributed by atoms with Gasteiger partial charge in [-0.2, -0.15) is 0 Å². The number of rotatable bonds is 6. The summed E-state index contributed by atoms with van der Waals surface area (Å²) in [4.78, 5) is 42.5. The van der Waals surface area contributed by atoms with Crippen LogP contribution in [0.3, 0.4) is 0 Å². The fraction of sp³-hybridized carbons (Fsp3) is 0.321. The number of hydrogen-bond acceptors (Lipinski definition) is 4. The molecular formula is C28H30N2O4. The molecule has 0 spiro atoms. The molecule has 1 heterocycles. The van der Waals surface area contributed by atoms with E-state index in [1.54, 1.807) is 36.4 Å². The lowest BCUT2D eigenvalue weighted by Crippen LogP contribution is -2.44. The third-order valence-corrected chi connectivity index (χ3v) is 6.52. The predicted octanol–water partition coefficient (Wildman–Crippen LogP) is 5.56. The van der Waals surface area contributed by atoms with Gasteiger partial charge >= 0.3 is 5.97 Å². The Morgan fingerprint density at radius 3 is 2.35 bits per heavy atom. The number of nitrogens with zero attached hydrogens (tertiary/aromatic N) is 2. The summed E-state index contributed by atoms with van der Waals surface area (Å²) < 4.78 is 5.09. The van der Waals surface area contributed by atoms with Crippen LogP contribution in [0.2, 0.25) is 0 Å². The summed E-state index contributed by atoms with van der Waals surface area (Å²) in [7, 11) is 0. The van der Waals surface area contributed by atoms with Gasteiger partial charge in [-0.1, -0.05) is 50.1 Å². The molecule has 6 nitrogen and oxygen atoms in total. The van der Waals surface area contributed by atoms with Crippen molar-refractivity contribution in [3.05, 3.63) is 84.1 Å². The van der Waals surface area contributed by atoms with Gasteiger partial charge in [0, 0.05) is 35.5 Å². The second-order valence-corrected chi connectivity index (χ2v) is 8.67. The highest BCUT2D eigenvalue weighted by Gasteiger charge is 2.46. The third kappa shape index (κ3) is 4.40. The molecule has 0 N–H and O–H groups in total. The molecule has 176 valence electrons. The summed E-state index contributed by atoms with van der Waals surface area (Å²) in [6, 6.07) is 13.5. The van der Waals surface area contributed by atoms with Gasteiger partial charge in [0.1, 0.15) is 11.8 Å². The van der Waals surface area contributed by atoms with Gasteiger partial charge in [0.25, 0.3) is 11.8 Å². The van der Waals surface area contributed by atoms with Crippen LogP contribution in [0.1, 0.15) is 67.9 Å². The van der Waals surface area contributed by atoms with Gasteiger partial charge in [-0.15, -0.1) is 0 Å². The van der Waals surface area contributed by atoms with Crippen LogP contribution in [-0.4, -0.2) is 28.7 Å². The highest BCUT2D eigenvalue weighted by Crippen LogP contribution is 2.44. The number of allylic oxidation sites excluding steroid dienone is 2. The Bertz CT molecular complexity index is 1130. The summed E-state index contributed by atoms with van der Waals surface area (Å²) in [5, 5.41) is 0. The van der Waals surface area contributed by atoms with Crippen molar-refractivity contribution in [2.75, 3.05) is 4.90 Å². The van der Waals surface area contributed by atoms with Crippen LogP contribution >= 0.6 is 0 Å². The molecule has 2 aromatic rings. The van der Waals surface area contributed by atoms with E-state index in [1.165, 1.54) is 18.2 Å². The zero-order valence-electron chi connectivity index (χ0n) is 19.7. The largest absolute Gasteiger partial charge is 0.427 e. The molecule has 1 aliphatic carbocycles. The summed E-state index contributed by atoms with van der Waals surface area (Å²) in [6.45, 7) is 7.04. The minimum Gasteiger partial charge on any atom is -0.427 e. The maximum absolute atomic E-state index is 14.0. The monoisotopic (exact) mass is 458 g/mol. The van der Waals surface area contributed by atoms with Gasteiger partial charge in [0.15, 0.2) is 0 Å². The number of carbonyl (C=O) groups excluding carboxylic acids is 3. The van der Waals surface area contributed by atoms with Crippen molar-refractivity contribution in [3.63, 3.8) is 0 Å². The van der Waals surface area contributed by atoms with Gasteiger partial charge in [-0.25, -0.2) is 0 Å². The first-order valence-electron chi connectivity index (χ1n) is 11.8. The van der Waals surface area contributed by atoms with Crippen LogP contribution in [0, 0.1) is 0 Å². The van der Waals surface area contributed by atoms with Crippen LogP contribution in [0.4, 0.5) is 5.69 Å². The molecule has 6 heteroatoms. The number of amides is 2. The Morgan fingerprint density at radius 1 is 1.06 bits per heavy atom. The van der Waals surface area contributed by atoms with Crippen LogP contribution in [0.15, 0.2) is 73.0 Å². The number of para-hydroxylation sites is 1. The first-order chi connectivity index (χ1) is 16.5. The quantitative estimate of drug-likeness (QED) is 0.323. The van der Waals surface area contributed by atoms with Gasteiger partial charge in [0.05, 0.1) is 0 Å². The van der Waals surface area contributed by atoms with E-state index < -0.39 is 12.0 Å². The van der Waals surface area contributed by atoms with E-state index in [9.17, 15) is 14.4 Å². The fourth-order valence-electron chi connectivity index (χ4n) is 5.00. The highest BCUT2D eigenvalue weighted by atomic mass is 16.5. The number of esters is 1. The second-order valence-electron chi connectivity index (χ2n) is 8.67. The molecule has 2 aliphatic rings. The molecule has 1 fully saturated rings. The second kappa shape index (κ2) is 10.1. The first-order valence-corrected chi connectivity index (χ1v) is 11.8. The van der Waals surface area contributed by atoms with Crippen molar-refractivity contribution in [3.8, 4) is 5.75 Å².